The van der Waals surface area contributed by atoms with Gasteiger partial charge in [0, 0.05) is 37.7 Å². The maximum absolute atomic E-state index is 13.3. The number of hydrogen-bond acceptors (Lipinski definition) is 4. The molecule has 2 aromatic carbocycles. The zero-order valence-electron chi connectivity index (χ0n) is 17.0. The van der Waals surface area contributed by atoms with Crippen LogP contribution in [0.3, 0.4) is 0 Å². The van der Waals surface area contributed by atoms with E-state index in [0.717, 1.165) is 29.0 Å². The molecule has 6 nitrogen and oxygen atoms in total. The minimum absolute atomic E-state index is 0.0222. The maximum Gasteiger partial charge on any atom is 0.243 e. The van der Waals surface area contributed by atoms with E-state index < -0.39 is 10.0 Å². The van der Waals surface area contributed by atoms with Gasteiger partial charge in [-0.05, 0) is 55.2 Å². The average Bonchev–Trinajstić information content (AvgIpc) is 3.31. The summed E-state index contributed by atoms with van der Waals surface area (Å²) in [6.45, 7) is 4.44. The SMILES string of the molecule is COc1ccccc1C1CCN(S(=O)(=O)c2ccc3c(c2)CC(C)N3C(C)=O)C1. The molecule has 1 amide bonds. The molecule has 2 heterocycles. The van der Waals surface area contributed by atoms with E-state index in [9.17, 15) is 13.2 Å². The van der Waals surface area contributed by atoms with Crippen molar-refractivity contribution in [2.24, 2.45) is 0 Å². The van der Waals surface area contributed by atoms with Gasteiger partial charge in [-0.15, -0.1) is 0 Å². The molecular formula is C22H26N2O4S. The van der Waals surface area contributed by atoms with E-state index in [1.165, 1.54) is 0 Å². The van der Waals surface area contributed by atoms with Gasteiger partial charge in [0.25, 0.3) is 0 Å². The van der Waals surface area contributed by atoms with Gasteiger partial charge in [-0.3, -0.25) is 4.79 Å². The number of nitrogens with zero attached hydrogens (tertiary/aromatic N) is 2. The van der Waals surface area contributed by atoms with Crippen molar-refractivity contribution in [3.63, 3.8) is 0 Å². The van der Waals surface area contributed by atoms with Crippen molar-refractivity contribution in [3.05, 3.63) is 53.6 Å². The number of rotatable bonds is 4. The Kier molecular flexibility index (Phi) is 5.12. The fourth-order valence-corrected chi connectivity index (χ4v) is 6.15. The van der Waals surface area contributed by atoms with Gasteiger partial charge in [0.1, 0.15) is 5.75 Å². The fourth-order valence-electron chi connectivity index (χ4n) is 4.60. The fraction of sp³-hybridized carbons (Fsp3) is 0.409. The highest BCUT2D eigenvalue weighted by Gasteiger charge is 2.36. The summed E-state index contributed by atoms with van der Waals surface area (Å²) in [6, 6.07) is 13.0. The van der Waals surface area contributed by atoms with Crippen LogP contribution in [0.1, 0.15) is 37.3 Å². The summed E-state index contributed by atoms with van der Waals surface area (Å²) >= 11 is 0. The van der Waals surface area contributed by atoms with Crippen LogP contribution in [0.5, 0.6) is 5.75 Å². The standard InChI is InChI=1S/C22H26N2O4S/c1-15-12-18-13-19(8-9-21(18)24(15)16(2)25)29(26,27)23-11-10-17(14-23)20-6-4-5-7-22(20)28-3/h4-9,13,15,17H,10-12,14H2,1-3H3. The van der Waals surface area contributed by atoms with Crippen molar-refractivity contribution in [1.29, 1.82) is 0 Å². The maximum atomic E-state index is 13.3. The van der Waals surface area contributed by atoms with E-state index in [1.54, 1.807) is 41.4 Å². The Morgan fingerprint density at radius 1 is 1.17 bits per heavy atom. The summed E-state index contributed by atoms with van der Waals surface area (Å²) in [4.78, 5) is 14.0. The molecule has 0 aromatic heterocycles. The molecule has 0 radical (unpaired) electrons. The first-order valence-electron chi connectivity index (χ1n) is 9.88. The van der Waals surface area contributed by atoms with Gasteiger partial charge in [-0.25, -0.2) is 8.42 Å². The van der Waals surface area contributed by atoms with Crippen LogP contribution in [-0.2, 0) is 21.2 Å². The minimum Gasteiger partial charge on any atom is -0.496 e. The molecule has 7 heteroatoms. The Morgan fingerprint density at radius 3 is 2.66 bits per heavy atom. The number of carbonyl (C=O) groups is 1. The predicted molar refractivity (Wildman–Crippen MR) is 112 cm³/mol. The first-order valence-corrected chi connectivity index (χ1v) is 11.3. The zero-order valence-corrected chi connectivity index (χ0v) is 17.8. The number of amides is 1. The first kappa shape index (κ1) is 19.9. The third-order valence-electron chi connectivity index (χ3n) is 5.97. The van der Waals surface area contributed by atoms with Crippen molar-refractivity contribution >= 4 is 21.6 Å². The quantitative estimate of drug-likeness (QED) is 0.771. The molecule has 154 valence electrons. The van der Waals surface area contributed by atoms with Crippen LogP contribution < -0.4 is 9.64 Å². The number of sulfonamides is 1. The van der Waals surface area contributed by atoms with Gasteiger partial charge in [0.2, 0.25) is 15.9 Å². The van der Waals surface area contributed by atoms with Crippen LogP contribution in [0.15, 0.2) is 47.4 Å². The number of benzene rings is 2. The highest BCUT2D eigenvalue weighted by Crippen LogP contribution is 2.38. The number of ether oxygens (including phenoxy) is 1. The molecule has 0 bridgehead atoms. The van der Waals surface area contributed by atoms with Crippen molar-refractivity contribution < 1.29 is 17.9 Å². The van der Waals surface area contributed by atoms with E-state index in [-0.39, 0.29) is 17.9 Å². The lowest BCUT2D eigenvalue weighted by molar-refractivity contribution is -0.116. The normalized spacial score (nSPS) is 22.0. The minimum atomic E-state index is -3.59. The van der Waals surface area contributed by atoms with Crippen LogP contribution in [0.2, 0.25) is 0 Å². The molecule has 4 rings (SSSR count). The molecule has 1 saturated heterocycles. The topological polar surface area (TPSA) is 66.9 Å². The van der Waals surface area contributed by atoms with E-state index in [1.807, 2.05) is 31.2 Å². The summed E-state index contributed by atoms with van der Waals surface area (Å²) in [7, 11) is -1.95. The number of para-hydroxylation sites is 1. The number of hydrogen-bond donors (Lipinski definition) is 0. The van der Waals surface area contributed by atoms with E-state index in [4.69, 9.17) is 4.74 Å². The highest BCUT2D eigenvalue weighted by molar-refractivity contribution is 7.89. The van der Waals surface area contributed by atoms with Crippen LogP contribution in [-0.4, -0.2) is 44.9 Å². The molecule has 2 aromatic rings. The van der Waals surface area contributed by atoms with Gasteiger partial charge in [-0.2, -0.15) is 4.31 Å². The smallest absolute Gasteiger partial charge is 0.243 e. The summed E-state index contributed by atoms with van der Waals surface area (Å²) in [5.41, 5.74) is 2.78. The van der Waals surface area contributed by atoms with Gasteiger partial charge in [-0.1, -0.05) is 18.2 Å². The molecular weight excluding hydrogens is 388 g/mol. The molecule has 0 N–H and O–H groups in total. The molecule has 2 aliphatic rings. The third kappa shape index (κ3) is 3.42. The largest absolute Gasteiger partial charge is 0.496 e. The second-order valence-corrected chi connectivity index (χ2v) is 9.76. The van der Waals surface area contributed by atoms with Gasteiger partial charge < -0.3 is 9.64 Å². The van der Waals surface area contributed by atoms with Crippen LogP contribution in [0, 0.1) is 0 Å². The van der Waals surface area contributed by atoms with E-state index >= 15 is 0 Å². The van der Waals surface area contributed by atoms with E-state index in [2.05, 4.69) is 0 Å². The van der Waals surface area contributed by atoms with Gasteiger partial charge in [0.15, 0.2) is 0 Å². The monoisotopic (exact) mass is 414 g/mol. The molecule has 2 unspecified atom stereocenters. The summed E-state index contributed by atoms with van der Waals surface area (Å²) < 4.78 is 33.6. The van der Waals surface area contributed by atoms with Crippen molar-refractivity contribution in [2.45, 2.75) is 43.5 Å². The number of carbonyl (C=O) groups excluding carboxylic acids is 1. The Labute approximate surface area is 172 Å². The second-order valence-electron chi connectivity index (χ2n) is 7.82. The Hall–Kier alpha value is -2.38. The lowest BCUT2D eigenvalue weighted by Crippen LogP contribution is -2.33. The van der Waals surface area contributed by atoms with Gasteiger partial charge in [0.05, 0.1) is 12.0 Å². The molecule has 0 spiro atoms. The Bertz CT molecular complexity index is 1050. The van der Waals surface area contributed by atoms with Crippen LogP contribution in [0.25, 0.3) is 0 Å². The lowest BCUT2D eigenvalue weighted by atomic mass is 9.97. The highest BCUT2D eigenvalue weighted by atomic mass is 32.2. The van der Waals surface area contributed by atoms with Crippen LogP contribution in [0.4, 0.5) is 5.69 Å². The van der Waals surface area contributed by atoms with Crippen molar-refractivity contribution in [1.82, 2.24) is 4.31 Å². The first-order chi connectivity index (χ1) is 13.8. The summed E-state index contributed by atoms with van der Waals surface area (Å²) in [6.07, 6.45) is 1.43. The average molecular weight is 415 g/mol. The summed E-state index contributed by atoms with van der Waals surface area (Å²) in [5, 5.41) is 0. The molecule has 0 aliphatic carbocycles. The number of anilines is 1. The number of fused-ring (bicyclic) bond motifs is 1. The van der Waals surface area contributed by atoms with Crippen molar-refractivity contribution in [2.75, 3.05) is 25.1 Å². The van der Waals surface area contributed by atoms with Crippen molar-refractivity contribution in [3.8, 4) is 5.75 Å². The van der Waals surface area contributed by atoms with Gasteiger partial charge >= 0.3 is 0 Å². The third-order valence-corrected chi connectivity index (χ3v) is 7.83. The molecule has 29 heavy (non-hydrogen) atoms. The number of methoxy groups -OCH3 is 1. The zero-order chi connectivity index (χ0) is 20.8. The molecule has 1 fully saturated rings. The Morgan fingerprint density at radius 2 is 1.93 bits per heavy atom. The lowest BCUT2D eigenvalue weighted by Gasteiger charge is -2.21. The molecule has 2 aliphatic heterocycles. The molecule has 0 saturated carbocycles. The summed E-state index contributed by atoms with van der Waals surface area (Å²) in [5.74, 6) is 0.891. The molecule has 2 atom stereocenters. The van der Waals surface area contributed by atoms with E-state index in [0.29, 0.717) is 24.4 Å². The Balaban J connectivity index is 1.59. The second kappa shape index (κ2) is 7.46. The predicted octanol–water partition coefficient (Wildman–Crippen LogP) is 3.17. The van der Waals surface area contributed by atoms with Crippen LogP contribution >= 0.6 is 0 Å².